The Hall–Kier alpha value is 0.120. The van der Waals surface area contributed by atoms with Crippen LogP contribution in [0.1, 0.15) is 6.92 Å². The van der Waals surface area contributed by atoms with Crippen molar-refractivity contribution in [3.05, 3.63) is 0 Å². The van der Waals surface area contributed by atoms with Gasteiger partial charge in [0.15, 0.2) is 0 Å². The minimum absolute atomic E-state index is 0.0162. The van der Waals surface area contributed by atoms with Crippen molar-refractivity contribution in [3.8, 4) is 0 Å². The third-order valence-electron chi connectivity index (χ3n) is 2.62. The molecule has 0 aromatic heterocycles. The highest BCUT2D eigenvalue weighted by Crippen LogP contribution is 2.02. The molecule has 1 atom stereocenters. The minimum atomic E-state index is -3.19. The number of nitrogens with zero attached hydrogens (tertiary/aromatic N) is 1. The Morgan fingerprint density at radius 3 is 2.65 bits per heavy atom. The Morgan fingerprint density at radius 2 is 2.06 bits per heavy atom. The summed E-state index contributed by atoms with van der Waals surface area (Å²) in [6.07, 6.45) is 0. The van der Waals surface area contributed by atoms with Gasteiger partial charge in [-0.2, -0.15) is 0 Å². The first-order valence-electron chi connectivity index (χ1n) is 5.87. The van der Waals surface area contributed by atoms with E-state index in [-0.39, 0.29) is 11.7 Å². The second-order valence-electron chi connectivity index (χ2n) is 4.39. The molecule has 17 heavy (non-hydrogen) atoms. The SMILES string of the molecule is CC(CCl)CS(=O)(=O)NCCN1CCOCC1. The molecule has 7 heteroatoms. The van der Waals surface area contributed by atoms with E-state index in [1.54, 1.807) is 0 Å². The van der Waals surface area contributed by atoms with Crippen molar-refractivity contribution in [2.24, 2.45) is 5.92 Å². The zero-order valence-electron chi connectivity index (χ0n) is 10.2. The number of sulfonamides is 1. The zero-order chi connectivity index (χ0) is 12.7. The molecule has 0 amide bonds. The summed E-state index contributed by atoms with van der Waals surface area (Å²) in [5.74, 6) is 0.446. The number of hydrogen-bond donors (Lipinski definition) is 1. The zero-order valence-corrected chi connectivity index (χ0v) is 11.8. The fourth-order valence-electron chi connectivity index (χ4n) is 1.66. The van der Waals surface area contributed by atoms with Crippen LogP contribution in [0.4, 0.5) is 0 Å². The van der Waals surface area contributed by atoms with Crippen LogP contribution in [0, 0.1) is 5.92 Å². The van der Waals surface area contributed by atoms with Gasteiger partial charge in [0.25, 0.3) is 0 Å². The van der Waals surface area contributed by atoms with Crippen LogP contribution in [0.5, 0.6) is 0 Å². The Bertz CT molecular complexity index is 305. The predicted octanol–water partition coefficient (Wildman–Crippen LogP) is 0.113. The maximum absolute atomic E-state index is 11.6. The van der Waals surface area contributed by atoms with Crippen molar-refractivity contribution in [2.45, 2.75) is 6.92 Å². The molecule has 0 bridgehead atoms. The molecule has 1 rings (SSSR count). The lowest BCUT2D eigenvalue weighted by Gasteiger charge is -2.26. The van der Waals surface area contributed by atoms with E-state index in [0.29, 0.717) is 12.4 Å². The number of ether oxygens (including phenoxy) is 1. The van der Waals surface area contributed by atoms with E-state index in [4.69, 9.17) is 16.3 Å². The van der Waals surface area contributed by atoms with E-state index in [1.807, 2.05) is 6.92 Å². The van der Waals surface area contributed by atoms with Gasteiger partial charge in [-0.05, 0) is 5.92 Å². The average Bonchev–Trinajstić information content (AvgIpc) is 2.29. The Morgan fingerprint density at radius 1 is 1.41 bits per heavy atom. The molecule has 5 nitrogen and oxygen atoms in total. The smallest absolute Gasteiger partial charge is 0.211 e. The molecule has 102 valence electrons. The molecule has 1 heterocycles. The molecule has 1 saturated heterocycles. The largest absolute Gasteiger partial charge is 0.379 e. The van der Waals surface area contributed by atoms with Gasteiger partial charge in [-0.15, -0.1) is 11.6 Å². The Labute approximate surface area is 109 Å². The maximum atomic E-state index is 11.6. The summed E-state index contributed by atoms with van der Waals surface area (Å²) in [5.41, 5.74) is 0. The van der Waals surface area contributed by atoms with Crippen LogP contribution >= 0.6 is 11.6 Å². The van der Waals surface area contributed by atoms with Gasteiger partial charge in [0.1, 0.15) is 0 Å². The highest BCUT2D eigenvalue weighted by molar-refractivity contribution is 7.89. The molecule has 0 saturated carbocycles. The number of halogens is 1. The molecule has 1 unspecified atom stereocenters. The summed E-state index contributed by atoms with van der Waals surface area (Å²) < 4.78 is 31.1. The van der Waals surface area contributed by atoms with Crippen LogP contribution in [0.2, 0.25) is 0 Å². The Kier molecular flexibility index (Phi) is 6.72. The normalized spacial score (nSPS) is 20.4. The summed E-state index contributed by atoms with van der Waals surface area (Å²) in [6, 6.07) is 0. The van der Waals surface area contributed by atoms with Crippen LogP contribution in [0.3, 0.4) is 0 Å². The average molecular weight is 285 g/mol. The fraction of sp³-hybridized carbons (Fsp3) is 1.00. The molecule has 1 N–H and O–H groups in total. The van der Waals surface area contributed by atoms with Crippen molar-refractivity contribution in [1.29, 1.82) is 0 Å². The second-order valence-corrected chi connectivity index (χ2v) is 6.55. The van der Waals surface area contributed by atoms with Crippen molar-refractivity contribution in [3.63, 3.8) is 0 Å². The van der Waals surface area contributed by atoms with Gasteiger partial charge in [-0.25, -0.2) is 13.1 Å². The van der Waals surface area contributed by atoms with E-state index in [1.165, 1.54) is 0 Å². The molecule has 0 aromatic carbocycles. The minimum Gasteiger partial charge on any atom is -0.379 e. The quantitative estimate of drug-likeness (QED) is 0.675. The van der Waals surface area contributed by atoms with Crippen LogP contribution < -0.4 is 4.72 Å². The fourth-order valence-corrected chi connectivity index (χ4v) is 3.29. The van der Waals surface area contributed by atoms with Gasteiger partial charge in [-0.3, -0.25) is 4.90 Å². The first kappa shape index (κ1) is 15.2. The lowest BCUT2D eigenvalue weighted by molar-refractivity contribution is 0.0390. The topological polar surface area (TPSA) is 58.6 Å². The first-order valence-corrected chi connectivity index (χ1v) is 8.05. The molecule has 1 fully saturated rings. The van der Waals surface area contributed by atoms with Gasteiger partial charge in [0.05, 0.1) is 19.0 Å². The van der Waals surface area contributed by atoms with Crippen LogP contribution in [-0.2, 0) is 14.8 Å². The monoisotopic (exact) mass is 284 g/mol. The molecular formula is C10H21ClN2O3S. The number of hydrogen-bond acceptors (Lipinski definition) is 4. The molecule has 1 aliphatic heterocycles. The van der Waals surface area contributed by atoms with E-state index >= 15 is 0 Å². The van der Waals surface area contributed by atoms with Crippen LogP contribution in [0.15, 0.2) is 0 Å². The summed E-state index contributed by atoms with van der Waals surface area (Å²) in [5, 5.41) is 0. The summed E-state index contributed by atoms with van der Waals surface area (Å²) in [7, 11) is -3.19. The number of morpholine rings is 1. The standard InChI is InChI=1S/C10H21ClN2O3S/c1-10(8-11)9-17(14,15)12-2-3-13-4-6-16-7-5-13/h10,12H,2-9H2,1H3. The Balaban J connectivity index is 2.20. The van der Waals surface area contributed by atoms with Gasteiger partial charge in [0, 0.05) is 32.1 Å². The summed E-state index contributed by atoms with van der Waals surface area (Å²) in [4.78, 5) is 2.19. The summed E-state index contributed by atoms with van der Waals surface area (Å²) in [6.45, 7) is 6.23. The van der Waals surface area contributed by atoms with Crippen molar-refractivity contribution in [1.82, 2.24) is 9.62 Å². The van der Waals surface area contributed by atoms with Crippen molar-refractivity contribution >= 4 is 21.6 Å². The number of rotatable bonds is 7. The van der Waals surface area contributed by atoms with Crippen LogP contribution in [-0.4, -0.2) is 64.3 Å². The number of nitrogens with one attached hydrogen (secondary N) is 1. The molecule has 0 spiro atoms. The van der Waals surface area contributed by atoms with Gasteiger partial charge < -0.3 is 4.74 Å². The van der Waals surface area contributed by atoms with Crippen LogP contribution in [0.25, 0.3) is 0 Å². The lowest BCUT2D eigenvalue weighted by Crippen LogP contribution is -2.42. The molecule has 0 aliphatic carbocycles. The van der Waals surface area contributed by atoms with Gasteiger partial charge >= 0.3 is 0 Å². The first-order chi connectivity index (χ1) is 8.03. The highest BCUT2D eigenvalue weighted by atomic mass is 35.5. The predicted molar refractivity (Wildman–Crippen MR) is 68.9 cm³/mol. The van der Waals surface area contributed by atoms with Gasteiger partial charge in [0.2, 0.25) is 10.0 Å². The molecule has 0 radical (unpaired) electrons. The van der Waals surface area contributed by atoms with E-state index in [0.717, 1.165) is 32.8 Å². The number of alkyl halides is 1. The van der Waals surface area contributed by atoms with Gasteiger partial charge in [-0.1, -0.05) is 6.92 Å². The van der Waals surface area contributed by atoms with E-state index in [9.17, 15) is 8.42 Å². The molecule has 0 aromatic rings. The molecule has 1 aliphatic rings. The van der Waals surface area contributed by atoms with E-state index in [2.05, 4.69) is 9.62 Å². The third-order valence-corrected chi connectivity index (χ3v) is 4.80. The summed E-state index contributed by atoms with van der Waals surface area (Å²) >= 11 is 5.60. The van der Waals surface area contributed by atoms with Crippen molar-refractivity contribution < 1.29 is 13.2 Å². The van der Waals surface area contributed by atoms with E-state index < -0.39 is 10.0 Å². The highest BCUT2D eigenvalue weighted by Gasteiger charge is 2.15. The van der Waals surface area contributed by atoms with Crippen molar-refractivity contribution in [2.75, 3.05) is 51.0 Å². The lowest BCUT2D eigenvalue weighted by atomic mass is 10.3. The molecular weight excluding hydrogens is 264 g/mol. The third kappa shape index (κ3) is 6.57. The second kappa shape index (κ2) is 7.53. The maximum Gasteiger partial charge on any atom is 0.211 e.